The Labute approximate surface area is 204 Å². The normalized spacial score (nSPS) is 14.6. The van der Waals surface area contributed by atoms with Gasteiger partial charge in [0.1, 0.15) is 17.2 Å². The van der Waals surface area contributed by atoms with Crippen molar-refractivity contribution in [1.29, 1.82) is 0 Å². The van der Waals surface area contributed by atoms with E-state index in [0.717, 1.165) is 17.2 Å². The zero-order chi connectivity index (χ0) is 24.5. The molecule has 0 spiro atoms. The monoisotopic (exact) mass is 470 g/mol. The largest absolute Gasteiger partial charge is 0.497 e. The summed E-state index contributed by atoms with van der Waals surface area (Å²) >= 11 is 0. The van der Waals surface area contributed by atoms with Gasteiger partial charge in [-0.15, -0.1) is 0 Å². The number of ether oxygens (including phenoxy) is 3. The fourth-order valence-corrected chi connectivity index (χ4v) is 11.5. The first kappa shape index (κ1) is 23.9. The first-order chi connectivity index (χ1) is 16.4. The Bertz CT molecular complexity index is 1130. The lowest BCUT2D eigenvalue weighted by Crippen LogP contribution is -2.70. The van der Waals surface area contributed by atoms with Gasteiger partial charge < -0.3 is 14.2 Å². The number of hydrogen-bond acceptors (Lipinski definition) is 3. The molecule has 0 unspecified atom stereocenters. The molecule has 1 aliphatic rings. The standard InChI is InChI=1S/C30H34O3Si/c1-20-21(2)23(4)30(22(20)3)34(27-14-8-11-24(17-27)31-5,28-15-9-12-25(18-28)32-6)29-16-10-13-26(19-29)33-7/h8-19,30H,1-7H3. The van der Waals surface area contributed by atoms with E-state index in [9.17, 15) is 0 Å². The van der Waals surface area contributed by atoms with Gasteiger partial charge in [0.2, 0.25) is 0 Å². The molecule has 0 aromatic heterocycles. The van der Waals surface area contributed by atoms with Crippen LogP contribution in [0.3, 0.4) is 0 Å². The van der Waals surface area contributed by atoms with Crippen molar-refractivity contribution in [2.75, 3.05) is 21.3 Å². The molecule has 0 radical (unpaired) electrons. The van der Waals surface area contributed by atoms with Gasteiger partial charge >= 0.3 is 0 Å². The average molecular weight is 471 g/mol. The van der Waals surface area contributed by atoms with Gasteiger partial charge in [0.05, 0.1) is 21.3 Å². The van der Waals surface area contributed by atoms with E-state index in [2.05, 4.69) is 82.3 Å². The fourth-order valence-electron chi connectivity index (χ4n) is 5.60. The van der Waals surface area contributed by atoms with Gasteiger partial charge in [-0.25, -0.2) is 0 Å². The molecule has 0 saturated carbocycles. The van der Waals surface area contributed by atoms with E-state index < -0.39 is 8.07 Å². The summed E-state index contributed by atoms with van der Waals surface area (Å²) in [7, 11) is 2.51. The number of hydrogen-bond donors (Lipinski definition) is 0. The second-order valence-corrected chi connectivity index (χ2v) is 13.0. The Morgan fingerprint density at radius 1 is 0.529 bits per heavy atom. The van der Waals surface area contributed by atoms with Gasteiger partial charge in [-0.05, 0) is 90.8 Å². The summed E-state index contributed by atoms with van der Waals surface area (Å²) in [6.07, 6.45) is 0. The Balaban J connectivity index is 2.20. The quantitative estimate of drug-likeness (QED) is 0.349. The van der Waals surface area contributed by atoms with E-state index in [1.54, 1.807) is 21.3 Å². The van der Waals surface area contributed by atoms with E-state index >= 15 is 0 Å². The van der Waals surface area contributed by atoms with Crippen LogP contribution in [0.4, 0.5) is 0 Å². The van der Waals surface area contributed by atoms with Crippen LogP contribution in [0.1, 0.15) is 27.7 Å². The molecule has 3 aromatic carbocycles. The van der Waals surface area contributed by atoms with Crippen molar-refractivity contribution >= 4 is 23.6 Å². The number of rotatable bonds is 7. The maximum Gasteiger partial charge on any atom is 0.159 e. The Morgan fingerprint density at radius 3 is 1.15 bits per heavy atom. The highest BCUT2D eigenvalue weighted by Crippen LogP contribution is 2.46. The second kappa shape index (κ2) is 9.55. The molecule has 0 bridgehead atoms. The van der Waals surface area contributed by atoms with Crippen molar-refractivity contribution in [3.63, 3.8) is 0 Å². The van der Waals surface area contributed by atoms with Crippen LogP contribution in [0, 0.1) is 0 Å². The number of allylic oxidation sites excluding steroid dienone is 4. The topological polar surface area (TPSA) is 27.7 Å². The van der Waals surface area contributed by atoms with Crippen molar-refractivity contribution < 1.29 is 14.2 Å². The molecule has 0 atom stereocenters. The summed E-state index contributed by atoms with van der Waals surface area (Å²) in [5.74, 6) is 2.61. The van der Waals surface area contributed by atoms with Crippen LogP contribution < -0.4 is 29.8 Å². The predicted molar refractivity (Wildman–Crippen MR) is 144 cm³/mol. The molecular weight excluding hydrogens is 436 g/mol. The minimum atomic E-state index is -2.70. The van der Waals surface area contributed by atoms with Crippen LogP contribution in [-0.2, 0) is 0 Å². The van der Waals surface area contributed by atoms with Gasteiger partial charge in [0, 0.05) is 5.54 Å². The summed E-state index contributed by atoms with van der Waals surface area (Å²) in [4.78, 5) is 0. The average Bonchev–Trinajstić information content (AvgIpc) is 3.08. The van der Waals surface area contributed by atoms with Gasteiger partial charge in [0.25, 0.3) is 0 Å². The SMILES string of the molecule is COc1cccc([Si](c2cccc(OC)c2)(c2cccc(OC)c2)C2C(C)=C(C)C(C)=C2C)c1. The molecule has 0 aliphatic heterocycles. The fraction of sp³-hybridized carbons (Fsp3) is 0.267. The summed E-state index contributed by atoms with van der Waals surface area (Å²) < 4.78 is 17.2. The van der Waals surface area contributed by atoms with E-state index in [-0.39, 0.29) is 5.54 Å². The molecule has 0 amide bonds. The highest BCUT2D eigenvalue weighted by atomic mass is 28.3. The third-order valence-corrected chi connectivity index (χ3v) is 13.0. The van der Waals surface area contributed by atoms with Gasteiger partial charge in [-0.3, -0.25) is 0 Å². The highest BCUT2D eigenvalue weighted by Gasteiger charge is 2.50. The molecule has 0 saturated heterocycles. The molecule has 176 valence electrons. The van der Waals surface area contributed by atoms with Crippen molar-refractivity contribution in [3.8, 4) is 17.2 Å². The Morgan fingerprint density at radius 2 is 0.853 bits per heavy atom. The molecule has 4 rings (SSSR count). The van der Waals surface area contributed by atoms with Gasteiger partial charge in [-0.2, -0.15) is 0 Å². The van der Waals surface area contributed by atoms with Crippen molar-refractivity contribution in [2.24, 2.45) is 0 Å². The number of methoxy groups -OCH3 is 3. The van der Waals surface area contributed by atoms with Crippen LogP contribution in [0.2, 0.25) is 5.54 Å². The maximum atomic E-state index is 5.72. The number of benzene rings is 3. The smallest absolute Gasteiger partial charge is 0.159 e. The molecule has 34 heavy (non-hydrogen) atoms. The van der Waals surface area contributed by atoms with Crippen molar-refractivity contribution in [3.05, 3.63) is 95.1 Å². The summed E-state index contributed by atoms with van der Waals surface area (Å²) in [5.41, 5.74) is 5.94. The molecule has 3 aromatic rings. The predicted octanol–water partition coefficient (Wildman–Crippen LogP) is 5.24. The lowest BCUT2D eigenvalue weighted by Gasteiger charge is -2.41. The minimum absolute atomic E-state index is 0.263. The van der Waals surface area contributed by atoms with Crippen LogP contribution in [0.5, 0.6) is 17.2 Å². The highest BCUT2D eigenvalue weighted by molar-refractivity contribution is 7.13. The molecule has 0 heterocycles. The first-order valence-corrected chi connectivity index (χ1v) is 13.7. The molecule has 4 heteroatoms. The molecule has 1 aliphatic carbocycles. The van der Waals surface area contributed by atoms with Crippen molar-refractivity contribution in [2.45, 2.75) is 33.2 Å². The zero-order valence-corrected chi connectivity index (χ0v) is 22.2. The Kier molecular flexibility index (Phi) is 6.71. The molecular formula is C30H34O3Si. The molecule has 0 fully saturated rings. The lowest BCUT2D eigenvalue weighted by atomic mass is 10.1. The second-order valence-electron chi connectivity index (χ2n) is 9.05. The third-order valence-electron chi connectivity index (χ3n) is 7.62. The van der Waals surface area contributed by atoms with Crippen LogP contribution >= 0.6 is 0 Å². The Hall–Kier alpha value is -3.24. The maximum absolute atomic E-state index is 5.72. The van der Waals surface area contributed by atoms with Crippen LogP contribution in [-0.4, -0.2) is 29.4 Å². The molecule has 3 nitrogen and oxygen atoms in total. The lowest BCUT2D eigenvalue weighted by molar-refractivity contribution is 0.415. The zero-order valence-electron chi connectivity index (χ0n) is 21.2. The summed E-state index contributed by atoms with van der Waals surface area (Å²) in [6.45, 7) is 9.14. The van der Waals surface area contributed by atoms with Crippen molar-refractivity contribution in [1.82, 2.24) is 0 Å². The minimum Gasteiger partial charge on any atom is -0.497 e. The van der Waals surface area contributed by atoms with Crippen LogP contribution in [0.25, 0.3) is 0 Å². The van der Waals surface area contributed by atoms with E-state index in [0.29, 0.717) is 0 Å². The van der Waals surface area contributed by atoms with E-state index in [1.807, 2.05) is 18.2 Å². The van der Waals surface area contributed by atoms with Gasteiger partial charge in [-0.1, -0.05) is 47.5 Å². The summed E-state index contributed by atoms with van der Waals surface area (Å²) in [6, 6.07) is 25.9. The molecule has 0 N–H and O–H groups in total. The van der Waals surface area contributed by atoms with Gasteiger partial charge in [0.15, 0.2) is 8.07 Å². The van der Waals surface area contributed by atoms with E-state index in [4.69, 9.17) is 14.2 Å². The first-order valence-electron chi connectivity index (χ1n) is 11.7. The van der Waals surface area contributed by atoms with Crippen LogP contribution in [0.15, 0.2) is 95.1 Å². The summed E-state index contributed by atoms with van der Waals surface area (Å²) in [5, 5.41) is 3.92. The third kappa shape index (κ3) is 3.76. The van der Waals surface area contributed by atoms with E-state index in [1.165, 1.54) is 37.9 Å².